The Morgan fingerprint density at radius 2 is 0.962 bits per heavy atom. The molecule has 0 unspecified atom stereocenters. The van der Waals surface area contributed by atoms with Crippen LogP contribution in [-0.4, -0.2) is 47.8 Å². The summed E-state index contributed by atoms with van der Waals surface area (Å²) in [6.45, 7) is 6.51. The fraction of sp³-hybridized carbons (Fsp3) is 0.364. The molecule has 0 saturated carbocycles. The van der Waals surface area contributed by atoms with Crippen LogP contribution in [0.15, 0.2) is 48.5 Å². The predicted molar refractivity (Wildman–Crippen MR) is 103 cm³/mol. The third kappa shape index (κ3) is 3.96. The Hall–Kier alpha value is -2.62. The zero-order valence-electron chi connectivity index (χ0n) is 15.6. The Kier molecular flexibility index (Phi) is 5.71. The smallest absolute Gasteiger partial charge is 0.253 e. The summed E-state index contributed by atoms with van der Waals surface area (Å²) in [4.78, 5) is 29.0. The molecule has 1 heterocycles. The number of hydrogen-bond acceptors (Lipinski definition) is 2. The van der Waals surface area contributed by atoms with Gasteiger partial charge in [0.1, 0.15) is 0 Å². The largest absolute Gasteiger partial charge is 0.335 e. The quantitative estimate of drug-likeness (QED) is 0.848. The molecule has 0 aromatic heterocycles. The Morgan fingerprint density at radius 1 is 0.654 bits per heavy atom. The van der Waals surface area contributed by atoms with Crippen LogP contribution < -0.4 is 0 Å². The summed E-state index contributed by atoms with van der Waals surface area (Å²) in [7, 11) is 0. The zero-order valence-corrected chi connectivity index (χ0v) is 15.6. The first-order chi connectivity index (χ1) is 12.6. The van der Waals surface area contributed by atoms with Crippen LogP contribution in [-0.2, 0) is 12.8 Å². The highest BCUT2D eigenvalue weighted by atomic mass is 16.2. The Bertz CT molecular complexity index is 690. The number of rotatable bonds is 4. The Morgan fingerprint density at radius 3 is 1.23 bits per heavy atom. The van der Waals surface area contributed by atoms with E-state index in [1.165, 1.54) is 11.1 Å². The molecule has 136 valence electrons. The monoisotopic (exact) mass is 350 g/mol. The molecule has 26 heavy (non-hydrogen) atoms. The van der Waals surface area contributed by atoms with Crippen LogP contribution in [0.3, 0.4) is 0 Å². The molecule has 0 spiro atoms. The maximum atomic E-state index is 12.6. The van der Waals surface area contributed by atoms with Crippen molar-refractivity contribution in [1.29, 1.82) is 0 Å². The van der Waals surface area contributed by atoms with Gasteiger partial charge in [0, 0.05) is 37.3 Å². The minimum Gasteiger partial charge on any atom is -0.335 e. The van der Waals surface area contributed by atoms with Gasteiger partial charge in [-0.05, 0) is 48.2 Å². The van der Waals surface area contributed by atoms with Gasteiger partial charge in [-0.2, -0.15) is 0 Å². The van der Waals surface area contributed by atoms with Gasteiger partial charge >= 0.3 is 0 Å². The molecule has 2 aromatic carbocycles. The molecule has 3 rings (SSSR count). The first-order valence-electron chi connectivity index (χ1n) is 9.38. The molecule has 0 bridgehead atoms. The third-order valence-corrected chi connectivity index (χ3v) is 5.07. The van der Waals surface area contributed by atoms with Crippen molar-refractivity contribution in [3.8, 4) is 0 Å². The van der Waals surface area contributed by atoms with Crippen LogP contribution in [0.5, 0.6) is 0 Å². The van der Waals surface area contributed by atoms with Crippen LogP contribution >= 0.6 is 0 Å². The van der Waals surface area contributed by atoms with E-state index in [0.29, 0.717) is 26.2 Å². The average molecular weight is 350 g/mol. The van der Waals surface area contributed by atoms with E-state index >= 15 is 0 Å². The molecule has 1 saturated heterocycles. The number of carbonyl (C=O) groups is 2. The molecule has 2 amide bonds. The van der Waals surface area contributed by atoms with E-state index < -0.39 is 0 Å². The van der Waals surface area contributed by atoms with Gasteiger partial charge < -0.3 is 9.80 Å². The maximum Gasteiger partial charge on any atom is 0.253 e. The molecule has 0 atom stereocenters. The molecule has 4 nitrogen and oxygen atoms in total. The summed E-state index contributed by atoms with van der Waals surface area (Å²) in [6.07, 6.45) is 1.93. The lowest BCUT2D eigenvalue weighted by Crippen LogP contribution is -2.50. The Balaban J connectivity index is 1.59. The number of carbonyl (C=O) groups excluding carboxylic acids is 2. The molecule has 2 aromatic rings. The summed E-state index contributed by atoms with van der Waals surface area (Å²) >= 11 is 0. The van der Waals surface area contributed by atoms with Crippen molar-refractivity contribution in [2.24, 2.45) is 0 Å². The van der Waals surface area contributed by atoms with Crippen molar-refractivity contribution in [2.75, 3.05) is 26.2 Å². The molecule has 1 aliphatic heterocycles. The molecule has 1 fully saturated rings. The fourth-order valence-corrected chi connectivity index (χ4v) is 3.24. The summed E-state index contributed by atoms with van der Waals surface area (Å²) in [5.74, 6) is 0.0964. The third-order valence-electron chi connectivity index (χ3n) is 5.07. The van der Waals surface area contributed by atoms with Crippen molar-refractivity contribution in [3.05, 3.63) is 70.8 Å². The zero-order chi connectivity index (χ0) is 18.5. The van der Waals surface area contributed by atoms with E-state index in [-0.39, 0.29) is 11.8 Å². The summed E-state index contributed by atoms with van der Waals surface area (Å²) < 4.78 is 0. The lowest BCUT2D eigenvalue weighted by molar-refractivity contribution is 0.0535. The summed E-state index contributed by atoms with van der Waals surface area (Å²) in [6, 6.07) is 15.6. The first kappa shape index (κ1) is 18.2. The van der Waals surface area contributed by atoms with E-state index in [2.05, 4.69) is 13.8 Å². The van der Waals surface area contributed by atoms with Crippen LogP contribution in [0.4, 0.5) is 0 Å². The lowest BCUT2D eigenvalue weighted by atomic mass is 10.1. The van der Waals surface area contributed by atoms with E-state index in [0.717, 1.165) is 24.0 Å². The number of nitrogens with zero attached hydrogens (tertiary/aromatic N) is 2. The molecular formula is C22H26N2O2. The van der Waals surface area contributed by atoms with Crippen molar-refractivity contribution < 1.29 is 9.59 Å². The van der Waals surface area contributed by atoms with Gasteiger partial charge in [0.2, 0.25) is 0 Å². The minimum atomic E-state index is 0.0482. The highest BCUT2D eigenvalue weighted by molar-refractivity contribution is 5.96. The van der Waals surface area contributed by atoms with Crippen LogP contribution in [0.1, 0.15) is 45.7 Å². The van der Waals surface area contributed by atoms with Crippen LogP contribution in [0.2, 0.25) is 0 Å². The second kappa shape index (κ2) is 8.17. The Labute approximate surface area is 155 Å². The van der Waals surface area contributed by atoms with Gasteiger partial charge in [-0.15, -0.1) is 0 Å². The van der Waals surface area contributed by atoms with Gasteiger partial charge in [-0.1, -0.05) is 38.1 Å². The molecule has 0 radical (unpaired) electrons. The second-order valence-electron chi connectivity index (χ2n) is 6.69. The normalized spacial score (nSPS) is 14.4. The molecular weight excluding hydrogens is 324 g/mol. The van der Waals surface area contributed by atoms with Crippen LogP contribution in [0.25, 0.3) is 0 Å². The number of piperazine rings is 1. The van der Waals surface area contributed by atoms with Gasteiger partial charge in [-0.3, -0.25) is 9.59 Å². The lowest BCUT2D eigenvalue weighted by Gasteiger charge is -2.35. The fourth-order valence-electron chi connectivity index (χ4n) is 3.24. The maximum absolute atomic E-state index is 12.6. The molecule has 0 aliphatic carbocycles. The number of amides is 2. The topological polar surface area (TPSA) is 40.6 Å². The van der Waals surface area contributed by atoms with Crippen molar-refractivity contribution >= 4 is 11.8 Å². The molecule has 0 N–H and O–H groups in total. The van der Waals surface area contributed by atoms with Gasteiger partial charge in [-0.25, -0.2) is 0 Å². The highest BCUT2D eigenvalue weighted by Crippen LogP contribution is 2.14. The van der Waals surface area contributed by atoms with Gasteiger partial charge in [0.05, 0.1) is 0 Å². The van der Waals surface area contributed by atoms with Crippen molar-refractivity contribution in [3.63, 3.8) is 0 Å². The summed E-state index contributed by atoms with van der Waals surface area (Å²) in [5, 5.41) is 0. The van der Waals surface area contributed by atoms with Crippen molar-refractivity contribution in [1.82, 2.24) is 9.80 Å². The molecule has 1 aliphatic rings. The highest BCUT2D eigenvalue weighted by Gasteiger charge is 2.25. The minimum absolute atomic E-state index is 0.0482. The summed E-state index contributed by atoms with van der Waals surface area (Å²) in [5.41, 5.74) is 3.89. The van der Waals surface area contributed by atoms with Crippen LogP contribution in [0, 0.1) is 0 Å². The van der Waals surface area contributed by atoms with E-state index in [1.807, 2.05) is 58.3 Å². The van der Waals surface area contributed by atoms with Gasteiger partial charge in [0.15, 0.2) is 0 Å². The number of aryl methyl sites for hydroxylation is 2. The van der Waals surface area contributed by atoms with Gasteiger partial charge in [0.25, 0.3) is 11.8 Å². The van der Waals surface area contributed by atoms with Crippen molar-refractivity contribution in [2.45, 2.75) is 26.7 Å². The first-order valence-corrected chi connectivity index (χ1v) is 9.38. The molecule has 4 heteroatoms. The SMILES string of the molecule is CCc1ccc(C(=O)N2CCN(C(=O)c3ccc(CC)cc3)CC2)cc1. The van der Waals surface area contributed by atoms with E-state index in [1.54, 1.807) is 0 Å². The van der Waals surface area contributed by atoms with E-state index in [9.17, 15) is 9.59 Å². The second-order valence-corrected chi connectivity index (χ2v) is 6.69. The van der Waals surface area contributed by atoms with E-state index in [4.69, 9.17) is 0 Å². The number of hydrogen-bond donors (Lipinski definition) is 0. The average Bonchev–Trinajstić information content (AvgIpc) is 2.73. The predicted octanol–water partition coefficient (Wildman–Crippen LogP) is 3.41. The standard InChI is InChI=1S/C22H26N2O2/c1-3-17-5-9-19(10-6-17)21(25)23-13-15-24(16-14-23)22(26)20-11-7-18(4-2)8-12-20/h5-12H,3-4,13-16H2,1-2H3. The number of benzene rings is 2.